The van der Waals surface area contributed by atoms with Crippen molar-refractivity contribution in [1.29, 1.82) is 0 Å². The van der Waals surface area contributed by atoms with Crippen LogP contribution in [0.2, 0.25) is 0 Å². The van der Waals surface area contributed by atoms with Gasteiger partial charge in [0.1, 0.15) is 5.82 Å². The first-order valence-electron chi connectivity index (χ1n) is 6.26. The van der Waals surface area contributed by atoms with E-state index in [2.05, 4.69) is 50.3 Å². The van der Waals surface area contributed by atoms with Gasteiger partial charge >= 0.3 is 0 Å². The highest BCUT2D eigenvalue weighted by molar-refractivity contribution is 9.10. The van der Waals surface area contributed by atoms with Gasteiger partial charge in [0.05, 0.1) is 0 Å². The lowest BCUT2D eigenvalue weighted by atomic mass is 10.1. The second-order valence-corrected chi connectivity index (χ2v) is 5.15. The van der Waals surface area contributed by atoms with Gasteiger partial charge in [0.15, 0.2) is 0 Å². The molecule has 96 valence electrons. The summed E-state index contributed by atoms with van der Waals surface area (Å²) in [6.45, 7) is 4.06. The highest BCUT2D eigenvalue weighted by atomic mass is 79.9. The van der Waals surface area contributed by atoms with E-state index in [0.29, 0.717) is 0 Å². The first-order chi connectivity index (χ1) is 8.79. The third kappa shape index (κ3) is 3.68. The van der Waals surface area contributed by atoms with Crippen molar-refractivity contribution in [3.8, 4) is 0 Å². The maximum absolute atomic E-state index is 4.41. The summed E-state index contributed by atoms with van der Waals surface area (Å²) < 4.78 is 1.13. The molecule has 0 atom stereocenters. The molecule has 0 aliphatic carbocycles. The third-order valence-electron chi connectivity index (χ3n) is 2.74. The molecule has 0 bridgehead atoms. The average Bonchev–Trinajstić information content (AvgIpc) is 2.80. The van der Waals surface area contributed by atoms with Gasteiger partial charge in [0.2, 0.25) is 0 Å². The molecule has 0 radical (unpaired) electrons. The van der Waals surface area contributed by atoms with Crippen LogP contribution in [-0.4, -0.2) is 16.5 Å². The van der Waals surface area contributed by atoms with Crippen LogP contribution in [0, 0.1) is 0 Å². The third-order valence-corrected chi connectivity index (χ3v) is 3.51. The molecular weight excluding hydrogens is 290 g/mol. The Labute approximate surface area is 116 Å². The van der Waals surface area contributed by atoms with Gasteiger partial charge in [-0.2, -0.15) is 0 Å². The average molecular weight is 308 g/mol. The van der Waals surface area contributed by atoms with Gasteiger partial charge < -0.3 is 10.3 Å². The lowest BCUT2D eigenvalue weighted by molar-refractivity contribution is 0.665. The summed E-state index contributed by atoms with van der Waals surface area (Å²) in [7, 11) is 0. The number of halogens is 1. The Kier molecular flexibility index (Phi) is 4.96. The van der Waals surface area contributed by atoms with Gasteiger partial charge in [-0.15, -0.1) is 0 Å². The van der Waals surface area contributed by atoms with Crippen LogP contribution in [0.3, 0.4) is 0 Å². The van der Waals surface area contributed by atoms with Crippen molar-refractivity contribution in [2.45, 2.75) is 26.3 Å². The van der Waals surface area contributed by atoms with E-state index in [1.54, 1.807) is 0 Å². The number of aromatic amines is 1. The van der Waals surface area contributed by atoms with Crippen LogP contribution in [0.1, 0.15) is 30.4 Å². The molecule has 1 aromatic carbocycles. The Balaban J connectivity index is 1.96. The predicted molar refractivity (Wildman–Crippen MR) is 77.5 cm³/mol. The van der Waals surface area contributed by atoms with Crippen molar-refractivity contribution in [2.75, 3.05) is 6.54 Å². The molecule has 0 aliphatic rings. The van der Waals surface area contributed by atoms with Gasteiger partial charge in [-0.1, -0.05) is 41.1 Å². The zero-order chi connectivity index (χ0) is 12.8. The fraction of sp³-hybridized carbons (Fsp3) is 0.357. The van der Waals surface area contributed by atoms with Crippen LogP contribution in [0.5, 0.6) is 0 Å². The van der Waals surface area contributed by atoms with Crippen molar-refractivity contribution in [3.05, 3.63) is 52.0 Å². The molecule has 0 saturated heterocycles. The number of nitrogens with one attached hydrogen (secondary N) is 2. The number of imidazole rings is 1. The van der Waals surface area contributed by atoms with Crippen LogP contribution in [0.25, 0.3) is 0 Å². The molecule has 0 amide bonds. The van der Waals surface area contributed by atoms with Crippen molar-refractivity contribution in [3.63, 3.8) is 0 Å². The molecular formula is C14H18BrN3. The van der Waals surface area contributed by atoms with Crippen molar-refractivity contribution in [1.82, 2.24) is 15.3 Å². The lowest BCUT2D eigenvalue weighted by Crippen LogP contribution is -2.13. The molecule has 1 aromatic heterocycles. The summed E-state index contributed by atoms with van der Waals surface area (Å²) in [5.41, 5.74) is 2.39. The smallest absolute Gasteiger partial charge is 0.110 e. The summed E-state index contributed by atoms with van der Waals surface area (Å²) in [4.78, 5) is 7.77. The number of hydrogen-bond donors (Lipinski definition) is 2. The fourth-order valence-corrected chi connectivity index (χ4v) is 2.23. The van der Waals surface area contributed by atoms with E-state index in [-0.39, 0.29) is 0 Å². The highest BCUT2D eigenvalue weighted by Gasteiger charge is 2.04. The van der Waals surface area contributed by atoms with E-state index < -0.39 is 0 Å². The number of nitrogens with zero attached hydrogens (tertiary/aromatic N) is 1. The quantitative estimate of drug-likeness (QED) is 0.804. The fourth-order valence-electron chi connectivity index (χ4n) is 1.81. The minimum atomic E-state index is 0.829. The zero-order valence-corrected chi connectivity index (χ0v) is 12.1. The van der Waals surface area contributed by atoms with Crippen LogP contribution in [0.4, 0.5) is 0 Å². The second kappa shape index (κ2) is 6.71. The lowest BCUT2D eigenvalue weighted by Gasteiger charge is -2.02. The Morgan fingerprint density at radius 1 is 1.33 bits per heavy atom. The molecule has 0 saturated carbocycles. The Morgan fingerprint density at radius 3 is 2.94 bits per heavy atom. The van der Waals surface area contributed by atoms with Gasteiger partial charge in [0, 0.05) is 29.3 Å². The van der Waals surface area contributed by atoms with Gasteiger partial charge in [0.25, 0.3) is 0 Å². The molecule has 0 spiro atoms. The molecule has 2 rings (SSSR count). The molecule has 1 heterocycles. The van der Waals surface area contributed by atoms with E-state index in [9.17, 15) is 0 Å². The summed E-state index contributed by atoms with van der Waals surface area (Å²) in [6, 6.07) is 8.24. The number of benzene rings is 1. The van der Waals surface area contributed by atoms with Crippen LogP contribution in [-0.2, 0) is 13.0 Å². The van der Waals surface area contributed by atoms with Crippen LogP contribution >= 0.6 is 15.9 Å². The first kappa shape index (κ1) is 13.3. The standard InChI is InChI=1S/C14H18BrN3/c1-2-7-16-9-12-10-17-14(18-12)8-11-5-3-4-6-13(11)15/h3-6,10,16H,2,7-9H2,1H3,(H,17,18). The largest absolute Gasteiger partial charge is 0.345 e. The Morgan fingerprint density at radius 2 is 2.17 bits per heavy atom. The minimum absolute atomic E-state index is 0.829. The zero-order valence-electron chi connectivity index (χ0n) is 10.5. The van der Waals surface area contributed by atoms with Gasteiger partial charge in [-0.3, -0.25) is 0 Å². The van der Waals surface area contributed by atoms with E-state index in [1.807, 2.05) is 18.3 Å². The number of rotatable bonds is 6. The normalized spacial score (nSPS) is 10.8. The van der Waals surface area contributed by atoms with Crippen LogP contribution < -0.4 is 5.32 Å². The summed E-state index contributed by atoms with van der Waals surface area (Å²) in [5, 5.41) is 3.36. The highest BCUT2D eigenvalue weighted by Crippen LogP contribution is 2.18. The summed E-state index contributed by atoms with van der Waals surface area (Å²) >= 11 is 3.56. The molecule has 3 nitrogen and oxygen atoms in total. The monoisotopic (exact) mass is 307 g/mol. The van der Waals surface area contributed by atoms with Gasteiger partial charge in [-0.05, 0) is 24.6 Å². The molecule has 0 aliphatic heterocycles. The maximum Gasteiger partial charge on any atom is 0.110 e. The van der Waals surface area contributed by atoms with Crippen molar-refractivity contribution in [2.24, 2.45) is 0 Å². The molecule has 0 fully saturated rings. The van der Waals surface area contributed by atoms with Gasteiger partial charge in [-0.25, -0.2) is 4.98 Å². The SMILES string of the molecule is CCCNCc1cnc(Cc2ccccc2Br)[nH]1. The Hall–Kier alpha value is -1.13. The first-order valence-corrected chi connectivity index (χ1v) is 7.05. The van der Waals surface area contributed by atoms with E-state index >= 15 is 0 Å². The molecule has 4 heteroatoms. The number of aromatic nitrogens is 2. The second-order valence-electron chi connectivity index (χ2n) is 4.30. The molecule has 2 aromatic rings. The van der Waals surface area contributed by atoms with E-state index in [1.165, 1.54) is 5.56 Å². The maximum atomic E-state index is 4.41. The van der Waals surface area contributed by atoms with Crippen LogP contribution in [0.15, 0.2) is 34.9 Å². The number of hydrogen-bond acceptors (Lipinski definition) is 2. The van der Waals surface area contributed by atoms with E-state index in [0.717, 1.165) is 41.9 Å². The minimum Gasteiger partial charge on any atom is -0.345 e. The molecule has 18 heavy (non-hydrogen) atoms. The summed E-state index contributed by atoms with van der Waals surface area (Å²) in [6.07, 6.45) is 3.89. The predicted octanol–water partition coefficient (Wildman–Crippen LogP) is 3.26. The van der Waals surface area contributed by atoms with Crippen molar-refractivity contribution >= 4 is 15.9 Å². The van der Waals surface area contributed by atoms with Crippen molar-refractivity contribution < 1.29 is 0 Å². The molecule has 0 unspecified atom stereocenters. The number of H-pyrrole nitrogens is 1. The topological polar surface area (TPSA) is 40.7 Å². The Bertz CT molecular complexity index is 493. The molecule has 2 N–H and O–H groups in total. The summed E-state index contributed by atoms with van der Waals surface area (Å²) in [5.74, 6) is 1.01. The van der Waals surface area contributed by atoms with E-state index in [4.69, 9.17) is 0 Å².